The van der Waals surface area contributed by atoms with Gasteiger partial charge in [-0.25, -0.2) is 4.39 Å². The Morgan fingerprint density at radius 2 is 1.89 bits per heavy atom. The minimum absolute atomic E-state index is 0.332. The van der Waals surface area contributed by atoms with E-state index in [-0.39, 0.29) is 5.82 Å². The average molecular weight is 312 g/mol. The standard InChI is InChI=1S/C14H15BrFNO/c1-7-8(2)13(17-9(7)3)14(18)10-4-5-12(16)11(15)6-10/h4-6,14,17-18H,1-3H3. The van der Waals surface area contributed by atoms with Crippen molar-refractivity contribution in [2.24, 2.45) is 0 Å². The third kappa shape index (κ3) is 2.22. The highest BCUT2D eigenvalue weighted by Crippen LogP contribution is 2.29. The van der Waals surface area contributed by atoms with Crippen LogP contribution in [0, 0.1) is 26.6 Å². The minimum atomic E-state index is -0.769. The second-order valence-electron chi connectivity index (χ2n) is 4.49. The van der Waals surface area contributed by atoms with Gasteiger partial charge in [0.15, 0.2) is 0 Å². The van der Waals surface area contributed by atoms with Gasteiger partial charge in [0.25, 0.3) is 0 Å². The molecule has 2 N–H and O–H groups in total. The molecule has 0 aliphatic carbocycles. The van der Waals surface area contributed by atoms with E-state index in [2.05, 4.69) is 20.9 Å². The van der Waals surface area contributed by atoms with Gasteiger partial charge in [-0.3, -0.25) is 0 Å². The lowest BCUT2D eigenvalue weighted by molar-refractivity contribution is 0.215. The lowest BCUT2D eigenvalue weighted by atomic mass is 10.0. The predicted octanol–water partition coefficient (Wildman–Crippen LogP) is 3.92. The average Bonchev–Trinajstić information content (AvgIpc) is 2.60. The van der Waals surface area contributed by atoms with Gasteiger partial charge >= 0.3 is 0 Å². The second-order valence-corrected chi connectivity index (χ2v) is 5.34. The van der Waals surface area contributed by atoms with Gasteiger partial charge in [0, 0.05) is 5.69 Å². The van der Waals surface area contributed by atoms with E-state index in [0.717, 1.165) is 22.5 Å². The Labute approximate surface area is 114 Å². The van der Waals surface area contributed by atoms with E-state index in [1.165, 1.54) is 6.07 Å². The van der Waals surface area contributed by atoms with Crippen LogP contribution in [0.2, 0.25) is 0 Å². The molecular formula is C14H15BrFNO. The monoisotopic (exact) mass is 311 g/mol. The highest BCUT2D eigenvalue weighted by atomic mass is 79.9. The summed E-state index contributed by atoms with van der Waals surface area (Å²) in [7, 11) is 0. The van der Waals surface area contributed by atoms with Gasteiger partial charge in [0.1, 0.15) is 11.9 Å². The molecule has 0 saturated heterocycles. The van der Waals surface area contributed by atoms with Gasteiger partial charge in [0.05, 0.1) is 10.2 Å². The van der Waals surface area contributed by atoms with E-state index >= 15 is 0 Å². The van der Waals surface area contributed by atoms with Crippen LogP contribution in [0.1, 0.15) is 34.2 Å². The molecule has 1 unspecified atom stereocenters. The molecule has 18 heavy (non-hydrogen) atoms. The Kier molecular flexibility index (Phi) is 3.59. The predicted molar refractivity (Wildman–Crippen MR) is 73.2 cm³/mol. The van der Waals surface area contributed by atoms with Crippen LogP contribution in [0.3, 0.4) is 0 Å². The molecule has 2 nitrogen and oxygen atoms in total. The van der Waals surface area contributed by atoms with E-state index in [0.29, 0.717) is 10.0 Å². The molecule has 0 saturated carbocycles. The molecule has 1 atom stereocenters. The minimum Gasteiger partial charge on any atom is -0.382 e. The maximum Gasteiger partial charge on any atom is 0.137 e. The largest absolute Gasteiger partial charge is 0.382 e. The summed E-state index contributed by atoms with van der Waals surface area (Å²) in [5, 5.41) is 10.4. The number of hydrogen-bond donors (Lipinski definition) is 2. The Hall–Kier alpha value is -1.13. The quantitative estimate of drug-likeness (QED) is 0.866. The first-order valence-electron chi connectivity index (χ1n) is 5.70. The molecule has 1 aromatic heterocycles. The Morgan fingerprint density at radius 1 is 1.22 bits per heavy atom. The first kappa shape index (κ1) is 13.3. The lowest BCUT2D eigenvalue weighted by Crippen LogP contribution is -2.02. The fourth-order valence-electron chi connectivity index (χ4n) is 2.00. The highest BCUT2D eigenvalue weighted by Gasteiger charge is 2.18. The Bertz CT molecular complexity index is 592. The van der Waals surface area contributed by atoms with Crippen molar-refractivity contribution in [2.75, 3.05) is 0 Å². The Balaban J connectivity index is 2.44. The van der Waals surface area contributed by atoms with Crippen molar-refractivity contribution in [1.29, 1.82) is 0 Å². The van der Waals surface area contributed by atoms with Crippen LogP contribution in [-0.4, -0.2) is 10.1 Å². The fourth-order valence-corrected chi connectivity index (χ4v) is 2.39. The fraction of sp³-hybridized carbons (Fsp3) is 0.286. The summed E-state index contributed by atoms with van der Waals surface area (Å²) in [6, 6.07) is 4.54. The third-order valence-electron chi connectivity index (χ3n) is 3.38. The molecule has 0 bridgehead atoms. The van der Waals surface area contributed by atoms with Crippen molar-refractivity contribution in [3.63, 3.8) is 0 Å². The van der Waals surface area contributed by atoms with Crippen LogP contribution in [0.15, 0.2) is 22.7 Å². The number of benzene rings is 1. The molecule has 96 valence electrons. The molecule has 1 heterocycles. The zero-order chi connectivity index (χ0) is 13.4. The number of aliphatic hydroxyl groups excluding tert-OH is 1. The molecule has 0 aliphatic heterocycles. The van der Waals surface area contributed by atoms with Gasteiger partial charge in [-0.1, -0.05) is 6.07 Å². The summed E-state index contributed by atoms with van der Waals surface area (Å²) < 4.78 is 13.5. The second kappa shape index (κ2) is 4.86. The molecule has 0 radical (unpaired) electrons. The summed E-state index contributed by atoms with van der Waals surface area (Å²) in [4.78, 5) is 3.19. The van der Waals surface area contributed by atoms with E-state index in [1.54, 1.807) is 12.1 Å². The van der Waals surface area contributed by atoms with Crippen molar-refractivity contribution in [2.45, 2.75) is 26.9 Å². The zero-order valence-corrected chi connectivity index (χ0v) is 12.1. The van der Waals surface area contributed by atoms with Crippen molar-refractivity contribution < 1.29 is 9.50 Å². The van der Waals surface area contributed by atoms with Crippen LogP contribution < -0.4 is 0 Å². The van der Waals surface area contributed by atoms with Crippen molar-refractivity contribution in [3.8, 4) is 0 Å². The van der Waals surface area contributed by atoms with Crippen molar-refractivity contribution in [3.05, 3.63) is 56.6 Å². The zero-order valence-electron chi connectivity index (χ0n) is 10.5. The first-order chi connectivity index (χ1) is 8.41. The molecule has 2 aromatic rings. The first-order valence-corrected chi connectivity index (χ1v) is 6.49. The van der Waals surface area contributed by atoms with Gasteiger partial charge in [-0.2, -0.15) is 0 Å². The van der Waals surface area contributed by atoms with E-state index < -0.39 is 6.10 Å². The molecular weight excluding hydrogens is 297 g/mol. The topological polar surface area (TPSA) is 36.0 Å². The SMILES string of the molecule is Cc1[nH]c(C(O)c2ccc(F)c(Br)c2)c(C)c1C. The number of rotatable bonds is 2. The van der Waals surface area contributed by atoms with Crippen LogP contribution in [0.25, 0.3) is 0 Å². The Morgan fingerprint density at radius 3 is 2.39 bits per heavy atom. The number of halogens is 2. The van der Waals surface area contributed by atoms with Crippen LogP contribution in [0.5, 0.6) is 0 Å². The van der Waals surface area contributed by atoms with Gasteiger partial charge in [-0.15, -0.1) is 0 Å². The van der Waals surface area contributed by atoms with Crippen LogP contribution in [0.4, 0.5) is 4.39 Å². The van der Waals surface area contributed by atoms with Crippen molar-refractivity contribution in [1.82, 2.24) is 4.98 Å². The molecule has 0 spiro atoms. The maximum absolute atomic E-state index is 13.2. The van der Waals surface area contributed by atoms with Gasteiger partial charge < -0.3 is 10.1 Å². The molecule has 4 heteroatoms. The third-order valence-corrected chi connectivity index (χ3v) is 3.99. The summed E-state index contributed by atoms with van der Waals surface area (Å²) in [6.45, 7) is 5.95. The van der Waals surface area contributed by atoms with Crippen molar-refractivity contribution >= 4 is 15.9 Å². The number of aryl methyl sites for hydroxylation is 1. The number of aromatic nitrogens is 1. The number of aliphatic hydroxyl groups is 1. The van der Waals surface area contributed by atoms with Crippen LogP contribution >= 0.6 is 15.9 Å². The molecule has 0 fully saturated rings. The summed E-state index contributed by atoms with van der Waals surface area (Å²) in [6.07, 6.45) is -0.769. The van der Waals surface area contributed by atoms with E-state index in [1.807, 2.05) is 20.8 Å². The lowest BCUT2D eigenvalue weighted by Gasteiger charge is -2.12. The molecule has 0 amide bonds. The smallest absolute Gasteiger partial charge is 0.137 e. The molecule has 1 aromatic carbocycles. The van der Waals surface area contributed by atoms with E-state index in [9.17, 15) is 9.50 Å². The number of aromatic amines is 1. The summed E-state index contributed by atoms with van der Waals surface area (Å²) >= 11 is 3.13. The number of H-pyrrole nitrogens is 1. The highest BCUT2D eigenvalue weighted by molar-refractivity contribution is 9.10. The summed E-state index contributed by atoms with van der Waals surface area (Å²) in [5.41, 5.74) is 4.66. The number of nitrogens with one attached hydrogen (secondary N) is 1. The molecule has 0 aliphatic rings. The maximum atomic E-state index is 13.2. The summed E-state index contributed by atoms with van der Waals surface area (Å²) in [5.74, 6) is -0.332. The van der Waals surface area contributed by atoms with Crippen LogP contribution in [-0.2, 0) is 0 Å². The molecule has 2 rings (SSSR count). The normalized spacial score (nSPS) is 12.8. The van der Waals surface area contributed by atoms with Gasteiger partial charge in [0.2, 0.25) is 0 Å². The van der Waals surface area contributed by atoms with E-state index in [4.69, 9.17) is 0 Å². The number of hydrogen-bond acceptors (Lipinski definition) is 1. The van der Waals surface area contributed by atoms with Gasteiger partial charge in [-0.05, 0) is 65.5 Å².